The van der Waals surface area contributed by atoms with Crippen LogP contribution in [-0.4, -0.2) is 17.4 Å². The van der Waals surface area contributed by atoms with Crippen LogP contribution in [0.2, 0.25) is 0 Å². The first-order valence-electron chi connectivity index (χ1n) is 1.90. The summed E-state index contributed by atoms with van der Waals surface area (Å²) >= 11 is 0. The molecule has 0 unspecified atom stereocenters. The second kappa shape index (κ2) is 1.58. The molecule has 3 heteroatoms. The molecule has 0 atom stereocenters. The highest BCUT2D eigenvalue weighted by molar-refractivity contribution is 5.24. The molecule has 1 heterocycles. The summed E-state index contributed by atoms with van der Waals surface area (Å²) in [4.78, 5) is 14.2. The van der Waals surface area contributed by atoms with Crippen LogP contribution in [0.5, 0.6) is 0 Å². The minimum absolute atomic E-state index is 0.517. The fourth-order valence-corrected chi connectivity index (χ4v) is 0.357. The van der Waals surface area contributed by atoms with Gasteiger partial charge in [0, 0.05) is 6.08 Å². The Bertz CT molecular complexity index is 134. The monoisotopic (exact) mass is 98.0 g/mol. The van der Waals surface area contributed by atoms with Crippen molar-refractivity contribution >= 4 is 6.08 Å². The van der Waals surface area contributed by atoms with Crippen LogP contribution in [0.3, 0.4) is 0 Å². The Labute approximate surface area is 40.5 Å². The summed E-state index contributed by atoms with van der Waals surface area (Å²) in [6.07, 6.45) is 4.74. The summed E-state index contributed by atoms with van der Waals surface area (Å²) in [5, 5.41) is 0. The van der Waals surface area contributed by atoms with E-state index in [9.17, 15) is 4.79 Å². The van der Waals surface area contributed by atoms with E-state index in [-0.39, 0.29) is 0 Å². The highest BCUT2D eigenvalue weighted by Gasteiger charge is 2.06. The first-order valence-corrected chi connectivity index (χ1v) is 1.90. The lowest BCUT2D eigenvalue weighted by atomic mass is 10.7. The average Bonchev–Trinajstić information content (AvgIpc) is 2.14. The molecular formula is C4H4NO2+. The highest BCUT2D eigenvalue weighted by Crippen LogP contribution is 1.88. The molecule has 0 bridgehead atoms. The zero-order valence-corrected chi connectivity index (χ0v) is 3.63. The summed E-state index contributed by atoms with van der Waals surface area (Å²) in [6, 6.07) is 0. The number of rotatable bonds is 0. The minimum Gasteiger partial charge on any atom is -0.232 e. The molecule has 1 rings (SSSR count). The summed E-state index contributed by atoms with van der Waals surface area (Å²) in [5.74, 6) is 0. The third-order valence-corrected chi connectivity index (χ3v) is 0.657. The molecule has 0 saturated heterocycles. The van der Waals surface area contributed by atoms with Crippen molar-refractivity contribution in [3.8, 4) is 0 Å². The summed E-state index contributed by atoms with van der Waals surface area (Å²) in [7, 11) is 0. The van der Waals surface area contributed by atoms with Gasteiger partial charge in [-0.1, -0.05) is 0 Å². The lowest BCUT2D eigenvalue weighted by Crippen LogP contribution is -2.00. The predicted octanol–water partition coefficient (Wildman–Crippen LogP) is -0.206. The Morgan fingerprint density at radius 1 is 1.86 bits per heavy atom. The van der Waals surface area contributed by atoms with Gasteiger partial charge in [0.15, 0.2) is 6.26 Å². The van der Waals surface area contributed by atoms with Crippen molar-refractivity contribution in [2.75, 3.05) is 6.54 Å². The molecule has 0 N–H and O–H groups in total. The predicted molar refractivity (Wildman–Crippen MR) is 21.0 cm³/mol. The van der Waals surface area contributed by atoms with Crippen LogP contribution in [0.25, 0.3) is 0 Å². The van der Waals surface area contributed by atoms with Gasteiger partial charge in [0.2, 0.25) is 6.54 Å². The van der Waals surface area contributed by atoms with Crippen LogP contribution in [0, 0.1) is 0 Å². The van der Waals surface area contributed by atoms with Crippen molar-refractivity contribution in [3.63, 3.8) is 0 Å². The smallest absolute Gasteiger partial charge is 0.232 e. The molecule has 0 spiro atoms. The standard InChI is InChI=1S/C4H4NO2/c6-4-5-2-1-3-7-5/h1,3H,2H2/q+1. The molecule has 0 aromatic rings. The van der Waals surface area contributed by atoms with Crippen molar-refractivity contribution in [2.24, 2.45) is 0 Å². The summed E-state index contributed by atoms with van der Waals surface area (Å²) < 4.78 is 1.07. The fourth-order valence-electron chi connectivity index (χ4n) is 0.357. The zero-order chi connectivity index (χ0) is 5.11. The number of nitrogens with zero attached hydrogens (tertiary/aromatic N) is 1. The van der Waals surface area contributed by atoms with Crippen molar-refractivity contribution < 1.29 is 14.4 Å². The van der Waals surface area contributed by atoms with Gasteiger partial charge in [0.1, 0.15) is 0 Å². The van der Waals surface area contributed by atoms with E-state index >= 15 is 0 Å². The third-order valence-electron chi connectivity index (χ3n) is 0.657. The Hall–Kier alpha value is -1.08. The molecule has 36 valence electrons. The van der Waals surface area contributed by atoms with Crippen molar-refractivity contribution in [1.82, 2.24) is 0 Å². The molecule has 1 aliphatic heterocycles. The van der Waals surface area contributed by atoms with Gasteiger partial charge >= 0.3 is 6.08 Å². The maximum Gasteiger partial charge on any atom is 0.478 e. The van der Waals surface area contributed by atoms with Crippen molar-refractivity contribution in [1.29, 1.82) is 0 Å². The largest absolute Gasteiger partial charge is 0.478 e. The number of hydrogen-bond acceptors (Lipinski definition) is 2. The Balaban J connectivity index is 2.68. The quantitative estimate of drug-likeness (QED) is 0.310. The molecule has 1 aliphatic rings. The highest BCUT2D eigenvalue weighted by atomic mass is 16.7. The van der Waals surface area contributed by atoms with Gasteiger partial charge in [-0.15, -0.1) is 0 Å². The number of hydrogen-bond donors (Lipinski definition) is 0. The number of hydroxylamine groups is 1. The van der Waals surface area contributed by atoms with Gasteiger partial charge in [0.25, 0.3) is 0 Å². The van der Waals surface area contributed by atoms with Crippen LogP contribution in [0.15, 0.2) is 12.3 Å². The molecule has 0 radical (unpaired) electrons. The zero-order valence-electron chi connectivity index (χ0n) is 3.63. The van der Waals surface area contributed by atoms with Gasteiger partial charge in [0.05, 0.1) is 4.74 Å². The van der Waals surface area contributed by atoms with Gasteiger partial charge in [-0.25, -0.2) is 4.84 Å². The molecule has 0 aliphatic carbocycles. The third kappa shape index (κ3) is 0.669. The molecule has 0 aromatic heterocycles. The van der Waals surface area contributed by atoms with Crippen LogP contribution in [0.1, 0.15) is 0 Å². The van der Waals surface area contributed by atoms with E-state index in [0.717, 1.165) is 4.74 Å². The summed E-state index contributed by atoms with van der Waals surface area (Å²) in [5.41, 5.74) is 0. The van der Waals surface area contributed by atoms with Crippen molar-refractivity contribution in [3.05, 3.63) is 12.3 Å². The summed E-state index contributed by atoms with van der Waals surface area (Å²) in [6.45, 7) is 0.517. The molecule has 0 amide bonds. The Morgan fingerprint density at radius 3 is 3.00 bits per heavy atom. The van der Waals surface area contributed by atoms with E-state index in [1.165, 1.54) is 6.26 Å². The topological polar surface area (TPSA) is 29.3 Å². The lowest BCUT2D eigenvalue weighted by Gasteiger charge is -1.74. The van der Waals surface area contributed by atoms with Crippen LogP contribution >= 0.6 is 0 Å². The molecule has 0 saturated carbocycles. The van der Waals surface area contributed by atoms with Gasteiger partial charge in [-0.2, -0.15) is 4.79 Å². The van der Waals surface area contributed by atoms with Crippen LogP contribution < -0.4 is 0 Å². The normalized spacial score (nSPS) is 16.3. The van der Waals surface area contributed by atoms with Crippen LogP contribution in [-0.2, 0) is 9.63 Å². The molecule has 0 fully saturated rings. The minimum atomic E-state index is 0.517. The number of isocyanates is 1. The van der Waals surface area contributed by atoms with E-state index in [4.69, 9.17) is 0 Å². The second-order valence-electron chi connectivity index (χ2n) is 1.13. The first-order chi connectivity index (χ1) is 3.43. The maximum atomic E-state index is 9.64. The molecule has 7 heavy (non-hydrogen) atoms. The molecule has 0 aromatic carbocycles. The van der Waals surface area contributed by atoms with Gasteiger partial charge in [-0.3, -0.25) is 0 Å². The van der Waals surface area contributed by atoms with E-state index in [2.05, 4.69) is 4.84 Å². The first kappa shape index (κ1) is 4.09. The maximum absolute atomic E-state index is 9.64. The van der Waals surface area contributed by atoms with Crippen LogP contribution in [0.4, 0.5) is 0 Å². The lowest BCUT2D eigenvalue weighted by molar-refractivity contribution is -0.750. The Kier molecular flexibility index (Phi) is 0.922. The van der Waals surface area contributed by atoms with E-state index in [1.54, 1.807) is 12.2 Å². The van der Waals surface area contributed by atoms with E-state index < -0.39 is 0 Å². The fraction of sp³-hybridized carbons (Fsp3) is 0.250. The second-order valence-corrected chi connectivity index (χ2v) is 1.13. The molecule has 3 nitrogen and oxygen atoms in total. The average molecular weight is 98.1 g/mol. The van der Waals surface area contributed by atoms with Gasteiger partial charge in [-0.05, 0) is 0 Å². The van der Waals surface area contributed by atoms with E-state index in [0.29, 0.717) is 6.54 Å². The van der Waals surface area contributed by atoms with Crippen molar-refractivity contribution in [2.45, 2.75) is 0 Å². The van der Waals surface area contributed by atoms with E-state index in [1.807, 2.05) is 0 Å². The SMILES string of the molecule is O=C=[N+]1CC=CO1. The Morgan fingerprint density at radius 2 is 2.71 bits per heavy atom. The van der Waals surface area contributed by atoms with Gasteiger partial charge < -0.3 is 0 Å². The number of carbonyl (C=O) groups excluding carboxylic acids is 1. The molecular weight excluding hydrogens is 94.0 g/mol.